The van der Waals surface area contributed by atoms with E-state index in [2.05, 4.69) is 31.9 Å². The molecule has 8 heteroatoms. The Morgan fingerprint density at radius 2 is 2.14 bits per heavy atom. The zero-order valence-electron chi connectivity index (χ0n) is 11.8. The molecule has 0 aromatic heterocycles. The minimum absolute atomic E-state index is 0.0482. The van der Waals surface area contributed by atoms with E-state index in [4.69, 9.17) is 9.94 Å². The number of ether oxygens (including phenoxy) is 1. The van der Waals surface area contributed by atoms with Gasteiger partial charge in [0.2, 0.25) is 0 Å². The van der Waals surface area contributed by atoms with Gasteiger partial charge in [0, 0.05) is 23.2 Å². The fourth-order valence-corrected chi connectivity index (χ4v) is 3.16. The summed E-state index contributed by atoms with van der Waals surface area (Å²) in [6.45, 7) is 0. The predicted molar refractivity (Wildman–Crippen MR) is 87.6 cm³/mol. The van der Waals surface area contributed by atoms with Gasteiger partial charge in [-0.3, -0.25) is 10.0 Å². The van der Waals surface area contributed by atoms with Crippen molar-refractivity contribution in [1.82, 2.24) is 5.48 Å². The maximum absolute atomic E-state index is 10.8. The molecule has 0 aliphatic rings. The Morgan fingerprint density at radius 3 is 2.73 bits per heavy atom. The lowest BCUT2D eigenvalue weighted by molar-refractivity contribution is -0.124. The Hall–Kier alpha value is -0.930. The second-order valence-electron chi connectivity index (χ2n) is 4.50. The summed E-state index contributed by atoms with van der Waals surface area (Å²) in [5, 5.41) is 28.8. The Balaban J connectivity index is 2.78. The molecule has 1 aromatic rings. The number of hydrogen-bond acceptors (Lipinski definition) is 5. The fraction of sp³-hybridized carbons (Fsp3) is 0.357. The molecule has 0 aliphatic carbocycles. The second-order valence-corrected chi connectivity index (χ2v) is 6.27. The first-order valence-corrected chi connectivity index (χ1v) is 7.98. The number of phenols is 1. The number of aliphatic hydroxyl groups is 1. The van der Waals surface area contributed by atoms with Gasteiger partial charge < -0.3 is 14.9 Å². The molecule has 0 fully saturated rings. The highest BCUT2D eigenvalue weighted by Gasteiger charge is 2.24. The lowest BCUT2D eigenvalue weighted by Gasteiger charge is -2.22. The maximum atomic E-state index is 10.8. The van der Waals surface area contributed by atoms with Crippen LogP contribution in [0.1, 0.15) is 24.5 Å². The molecule has 1 aromatic carbocycles. The molecule has 6 nitrogen and oxygen atoms in total. The van der Waals surface area contributed by atoms with Crippen LogP contribution < -0.4 is 5.48 Å². The molecule has 122 valence electrons. The second kappa shape index (κ2) is 9.26. The lowest BCUT2D eigenvalue weighted by atomic mass is 9.99. The number of rotatable bonds is 7. The Labute approximate surface area is 145 Å². The first kappa shape index (κ1) is 19.1. The first-order valence-electron chi connectivity index (χ1n) is 6.40. The summed E-state index contributed by atoms with van der Waals surface area (Å²) in [6, 6.07) is 3.29. The van der Waals surface area contributed by atoms with Gasteiger partial charge in [-0.05, 0) is 40.9 Å². The van der Waals surface area contributed by atoms with Crippen molar-refractivity contribution in [2.75, 3.05) is 7.11 Å². The topological polar surface area (TPSA) is 99.0 Å². The van der Waals surface area contributed by atoms with E-state index in [0.29, 0.717) is 27.4 Å². The van der Waals surface area contributed by atoms with Crippen molar-refractivity contribution in [3.05, 3.63) is 38.8 Å². The van der Waals surface area contributed by atoms with E-state index >= 15 is 0 Å². The summed E-state index contributed by atoms with van der Waals surface area (Å²) in [6.07, 6.45) is 2.04. The summed E-state index contributed by atoms with van der Waals surface area (Å²) >= 11 is 6.51. The van der Waals surface area contributed by atoms with Crippen LogP contribution in [0.5, 0.6) is 5.75 Å². The van der Waals surface area contributed by atoms with Crippen LogP contribution in [-0.4, -0.2) is 34.5 Å². The molecule has 0 saturated carbocycles. The standard InChI is InChI=1S/C14H17Br2NO5/c1-22-11(4-2-3-5-12(18)17-21)14(20)9-6-8(15)7-10(16)13(9)19/h3,5-7,11,14,19-21H,2,4H2,1H3,(H,17,18)/b5-3+/t11-,14-/m0/s1. The van der Waals surface area contributed by atoms with Gasteiger partial charge in [-0.25, -0.2) is 5.48 Å². The number of hydroxylamine groups is 1. The van der Waals surface area contributed by atoms with Crippen molar-refractivity contribution in [2.45, 2.75) is 25.0 Å². The van der Waals surface area contributed by atoms with Crippen molar-refractivity contribution in [2.24, 2.45) is 0 Å². The number of aliphatic hydroxyl groups excluding tert-OH is 1. The first-order chi connectivity index (χ1) is 10.4. The van der Waals surface area contributed by atoms with Crippen LogP contribution in [0.15, 0.2) is 33.2 Å². The highest BCUT2D eigenvalue weighted by molar-refractivity contribution is 9.11. The molecular weight excluding hydrogens is 422 g/mol. The summed E-state index contributed by atoms with van der Waals surface area (Å²) in [4.78, 5) is 10.8. The van der Waals surface area contributed by atoms with Crippen molar-refractivity contribution >= 4 is 37.8 Å². The number of methoxy groups -OCH3 is 1. The molecule has 0 unspecified atom stereocenters. The van der Waals surface area contributed by atoms with E-state index in [1.807, 2.05) is 0 Å². The van der Waals surface area contributed by atoms with Gasteiger partial charge in [-0.1, -0.05) is 22.0 Å². The summed E-state index contributed by atoms with van der Waals surface area (Å²) < 4.78 is 6.43. The number of carbonyl (C=O) groups is 1. The average molecular weight is 439 g/mol. The summed E-state index contributed by atoms with van der Waals surface area (Å²) in [5.74, 6) is -0.670. The minimum atomic E-state index is -1.03. The van der Waals surface area contributed by atoms with Crippen LogP contribution >= 0.6 is 31.9 Å². The van der Waals surface area contributed by atoms with Crippen molar-refractivity contribution in [3.63, 3.8) is 0 Å². The van der Waals surface area contributed by atoms with Gasteiger partial charge in [0.25, 0.3) is 5.91 Å². The maximum Gasteiger partial charge on any atom is 0.267 e. The molecule has 22 heavy (non-hydrogen) atoms. The zero-order valence-corrected chi connectivity index (χ0v) is 15.0. The van der Waals surface area contributed by atoms with E-state index in [0.717, 1.165) is 0 Å². The SMILES string of the molecule is CO[C@@H](CC/C=C/C(=O)NO)[C@@H](O)c1cc(Br)cc(Br)c1O. The quantitative estimate of drug-likeness (QED) is 0.298. The summed E-state index contributed by atoms with van der Waals surface area (Å²) in [5.41, 5.74) is 1.82. The molecule has 0 heterocycles. The molecule has 1 rings (SSSR count). The van der Waals surface area contributed by atoms with Crippen molar-refractivity contribution in [3.8, 4) is 5.75 Å². The van der Waals surface area contributed by atoms with Crippen molar-refractivity contribution in [1.29, 1.82) is 0 Å². The number of amides is 1. The number of hydrogen-bond donors (Lipinski definition) is 4. The van der Waals surface area contributed by atoms with Crippen molar-refractivity contribution < 1.29 is 25.0 Å². The van der Waals surface area contributed by atoms with Crippen LogP contribution in [0.25, 0.3) is 0 Å². The third-order valence-electron chi connectivity index (χ3n) is 3.03. The molecular formula is C14H17Br2NO5. The molecule has 2 atom stereocenters. The third-order valence-corrected chi connectivity index (χ3v) is 4.09. The molecule has 0 spiro atoms. The van der Waals surface area contributed by atoms with Gasteiger partial charge in [0.15, 0.2) is 0 Å². The van der Waals surface area contributed by atoms with E-state index in [-0.39, 0.29) is 5.75 Å². The van der Waals surface area contributed by atoms with Gasteiger partial charge >= 0.3 is 0 Å². The molecule has 4 N–H and O–H groups in total. The van der Waals surface area contributed by atoms with Crippen LogP contribution in [0.4, 0.5) is 0 Å². The van der Waals surface area contributed by atoms with Gasteiger partial charge in [0.1, 0.15) is 11.9 Å². The van der Waals surface area contributed by atoms with Crippen LogP contribution in [0, 0.1) is 0 Å². The molecule has 1 amide bonds. The monoisotopic (exact) mass is 437 g/mol. The normalized spacial score (nSPS) is 14.0. The number of aromatic hydroxyl groups is 1. The number of benzene rings is 1. The van der Waals surface area contributed by atoms with E-state index in [1.54, 1.807) is 18.2 Å². The van der Waals surface area contributed by atoms with Gasteiger partial charge in [-0.2, -0.15) is 0 Å². The van der Waals surface area contributed by atoms with E-state index in [9.17, 15) is 15.0 Å². The third kappa shape index (κ3) is 5.36. The highest BCUT2D eigenvalue weighted by atomic mass is 79.9. The highest BCUT2D eigenvalue weighted by Crippen LogP contribution is 2.37. The predicted octanol–water partition coefficient (Wildman–Crippen LogP) is 2.81. The number of halogens is 2. The van der Waals surface area contributed by atoms with Crippen LogP contribution in [0.3, 0.4) is 0 Å². The molecule has 0 bridgehead atoms. The minimum Gasteiger partial charge on any atom is -0.506 e. The largest absolute Gasteiger partial charge is 0.506 e. The number of phenolic OH excluding ortho intramolecular Hbond substituents is 1. The van der Waals surface area contributed by atoms with E-state index in [1.165, 1.54) is 18.7 Å². The number of carbonyl (C=O) groups excluding carboxylic acids is 1. The zero-order chi connectivity index (χ0) is 16.7. The Morgan fingerprint density at radius 1 is 1.45 bits per heavy atom. The Bertz CT molecular complexity index is 550. The molecule has 0 aliphatic heterocycles. The molecule has 0 saturated heterocycles. The molecule has 0 radical (unpaired) electrons. The number of nitrogens with one attached hydrogen (secondary N) is 1. The van der Waals surface area contributed by atoms with Crippen LogP contribution in [0.2, 0.25) is 0 Å². The Kier molecular flexibility index (Phi) is 8.05. The van der Waals surface area contributed by atoms with Gasteiger partial charge in [0.05, 0.1) is 10.6 Å². The average Bonchev–Trinajstić information content (AvgIpc) is 2.50. The number of allylic oxidation sites excluding steroid dienone is 1. The van der Waals surface area contributed by atoms with Gasteiger partial charge in [-0.15, -0.1) is 0 Å². The summed E-state index contributed by atoms with van der Waals surface area (Å²) in [7, 11) is 1.46. The smallest absolute Gasteiger partial charge is 0.267 e. The fourth-order valence-electron chi connectivity index (χ4n) is 1.90. The lowest BCUT2D eigenvalue weighted by Crippen LogP contribution is -2.21. The van der Waals surface area contributed by atoms with E-state index < -0.39 is 18.1 Å². The van der Waals surface area contributed by atoms with Crippen LogP contribution in [-0.2, 0) is 9.53 Å².